The van der Waals surface area contributed by atoms with Gasteiger partial charge in [0, 0.05) is 5.56 Å². The van der Waals surface area contributed by atoms with Crippen molar-refractivity contribution in [3.05, 3.63) is 80.9 Å². The summed E-state index contributed by atoms with van der Waals surface area (Å²) in [5, 5.41) is 11.7. The zero-order valence-electron chi connectivity index (χ0n) is 22.9. The minimum Gasteiger partial charge on any atom is -0.507 e. The van der Waals surface area contributed by atoms with Gasteiger partial charge < -0.3 is 14.6 Å². The Morgan fingerprint density at radius 2 is 1.82 bits per heavy atom. The van der Waals surface area contributed by atoms with Gasteiger partial charge in [0.1, 0.15) is 16.4 Å². The van der Waals surface area contributed by atoms with Gasteiger partial charge in [0.05, 0.1) is 31.0 Å². The second kappa shape index (κ2) is 11.4. The molecule has 0 bridgehead atoms. The monoisotopic (exact) mass is 548 g/mol. The van der Waals surface area contributed by atoms with Crippen molar-refractivity contribution in [2.45, 2.75) is 53.0 Å². The molecule has 4 rings (SSSR count). The molecule has 1 fully saturated rings. The molecule has 204 valence electrons. The van der Waals surface area contributed by atoms with Crippen LogP contribution < -0.4 is 9.64 Å². The fourth-order valence-corrected chi connectivity index (χ4v) is 5.54. The van der Waals surface area contributed by atoms with E-state index in [1.54, 1.807) is 25.1 Å². The number of Topliss-reactive ketones (excluding diaryl/α,β-unsaturated/α-hetero) is 1. The first-order valence-electron chi connectivity index (χ1n) is 12.8. The van der Waals surface area contributed by atoms with Crippen LogP contribution in [0.1, 0.15) is 76.8 Å². The molecule has 0 saturated carbocycles. The highest BCUT2D eigenvalue weighted by molar-refractivity contribution is 7.17. The average molecular weight is 549 g/mol. The van der Waals surface area contributed by atoms with Crippen molar-refractivity contribution in [3.8, 4) is 5.75 Å². The Labute approximate surface area is 231 Å². The Kier molecular flexibility index (Phi) is 8.20. The van der Waals surface area contributed by atoms with Gasteiger partial charge in [0.2, 0.25) is 0 Å². The lowest BCUT2D eigenvalue weighted by molar-refractivity contribution is -0.132. The summed E-state index contributed by atoms with van der Waals surface area (Å²) in [6, 6.07) is 11.8. The third kappa shape index (κ3) is 5.31. The van der Waals surface area contributed by atoms with Gasteiger partial charge in [-0.25, -0.2) is 9.78 Å². The van der Waals surface area contributed by atoms with Crippen LogP contribution in [0.2, 0.25) is 0 Å². The highest BCUT2D eigenvalue weighted by atomic mass is 32.1. The van der Waals surface area contributed by atoms with Gasteiger partial charge in [-0.15, -0.1) is 0 Å². The van der Waals surface area contributed by atoms with E-state index in [9.17, 15) is 19.5 Å². The number of aryl methyl sites for hydroxylation is 2. The lowest BCUT2D eigenvalue weighted by atomic mass is 9.92. The molecule has 1 aliphatic heterocycles. The van der Waals surface area contributed by atoms with E-state index in [1.165, 1.54) is 12.0 Å². The predicted octanol–water partition coefficient (Wildman–Crippen LogP) is 6.09. The zero-order chi connectivity index (χ0) is 28.4. The van der Waals surface area contributed by atoms with Crippen molar-refractivity contribution in [1.29, 1.82) is 0 Å². The number of aromatic nitrogens is 1. The SMILES string of the molecule is CCCOc1ccc(C(O)=C2C(=O)C(=O)N(c3nc(C)c(C(=O)OC)s3)[C@H]2c2ccc(C(C)C)cc2)c(C)c1. The van der Waals surface area contributed by atoms with Crippen LogP contribution in [-0.2, 0) is 14.3 Å². The smallest absolute Gasteiger partial charge is 0.350 e. The zero-order valence-corrected chi connectivity index (χ0v) is 23.7. The fourth-order valence-electron chi connectivity index (χ4n) is 4.53. The van der Waals surface area contributed by atoms with E-state index in [-0.39, 0.29) is 27.3 Å². The Morgan fingerprint density at radius 3 is 2.41 bits per heavy atom. The van der Waals surface area contributed by atoms with Crippen molar-refractivity contribution in [2.24, 2.45) is 0 Å². The Hall–Kier alpha value is -3.98. The summed E-state index contributed by atoms with van der Waals surface area (Å²) in [5.74, 6) is -1.59. The van der Waals surface area contributed by atoms with Gasteiger partial charge in [0.25, 0.3) is 5.78 Å². The van der Waals surface area contributed by atoms with E-state index < -0.39 is 23.7 Å². The Bertz CT molecular complexity index is 1450. The van der Waals surface area contributed by atoms with E-state index in [2.05, 4.69) is 18.8 Å². The quantitative estimate of drug-likeness (QED) is 0.157. The molecule has 39 heavy (non-hydrogen) atoms. The third-order valence-corrected chi connectivity index (χ3v) is 7.79. The number of amides is 1. The van der Waals surface area contributed by atoms with Crippen LogP contribution in [0, 0.1) is 13.8 Å². The van der Waals surface area contributed by atoms with E-state index in [1.807, 2.05) is 38.1 Å². The number of aliphatic hydroxyl groups is 1. The molecule has 1 amide bonds. The number of hydrogen-bond acceptors (Lipinski definition) is 8. The second-order valence-electron chi connectivity index (χ2n) is 9.72. The van der Waals surface area contributed by atoms with Gasteiger partial charge in [-0.3, -0.25) is 14.5 Å². The predicted molar refractivity (Wildman–Crippen MR) is 150 cm³/mol. The summed E-state index contributed by atoms with van der Waals surface area (Å²) in [5.41, 5.74) is 3.18. The molecule has 1 aliphatic rings. The maximum atomic E-state index is 13.5. The number of nitrogens with zero attached hydrogens (tertiary/aromatic N) is 2. The number of esters is 1. The van der Waals surface area contributed by atoms with Gasteiger partial charge in [-0.1, -0.05) is 56.4 Å². The largest absolute Gasteiger partial charge is 0.507 e. The van der Waals surface area contributed by atoms with Crippen LogP contribution in [0.15, 0.2) is 48.0 Å². The number of methoxy groups -OCH3 is 1. The molecule has 1 saturated heterocycles. The van der Waals surface area contributed by atoms with Crippen LogP contribution in [0.25, 0.3) is 5.76 Å². The molecular formula is C30H32N2O6S. The van der Waals surface area contributed by atoms with Gasteiger partial charge in [-0.05, 0) is 61.1 Å². The summed E-state index contributed by atoms with van der Waals surface area (Å²) < 4.78 is 10.6. The van der Waals surface area contributed by atoms with E-state index in [0.717, 1.165) is 23.3 Å². The Morgan fingerprint density at radius 1 is 1.13 bits per heavy atom. The number of anilines is 1. The maximum Gasteiger partial charge on any atom is 0.350 e. The third-order valence-electron chi connectivity index (χ3n) is 6.65. The first-order chi connectivity index (χ1) is 18.6. The number of rotatable bonds is 8. The van der Waals surface area contributed by atoms with Crippen molar-refractivity contribution in [2.75, 3.05) is 18.6 Å². The molecule has 1 aromatic heterocycles. The molecule has 0 aliphatic carbocycles. The van der Waals surface area contributed by atoms with Crippen LogP contribution >= 0.6 is 11.3 Å². The lowest BCUT2D eigenvalue weighted by Gasteiger charge is -2.23. The first-order valence-corrected chi connectivity index (χ1v) is 13.6. The van der Waals surface area contributed by atoms with E-state index >= 15 is 0 Å². The molecule has 3 aromatic rings. The fraction of sp³-hybridized carbons (Fsp3) is 0.333. The molecule has 1 N–H and O–H groups in total. The number of carbonyl (C=O) groups is 3. The van der Waals surface area contributed by atoms with Crippen LogP contribution in [0.5, 0.6) is 5.75 Å². The summed E-state index contributed by atoms with van der Waals surface area (Å²) in [6.45, 7) is 10.2. The second-order valence-corrected chi connectivity index (χ2v) is 10.7. The minimum absolute atomic E-state index is 0.0462. The molecule has 2 heterocycles. The Balaban J connectivity index is 1.90. The minimum atomic E-state index is -0.947. The standard InChI is InChI=1S/C30H32N2O6S/c1-7-14-38-21-12-13-22(17(4)15-21)25(33)23-24(20-10-8-19(9-11-20)16(2)3)32(28(35)26(23)34)30-31-18(5)27(39-30)29(36)37-6/h8-13,15-16,24,33H,7,14H2,1-6H3/t24-/m0/s1. The van der Waals surface area contributed by atoms with Crippen molar-refractivity contribution in [3.63, 3.8) is 0 Å². The van der Waals surface area contributed by atoms with Gasteiger partial charge in [-0.2, -0.15) is 0 Å². The summed E-state index contributed by atoms with van der Waals surface area (Å²) in [7, 11) is 1.27. The van der Waals surface area contributed by atoms with Crippen molar-refractivity contribution >= 4 is 39.9 Å². The van der Waals surface area contributed by atoms with Crippen molar-refractivity contribution < 1.29 is 29.0 Å². The summed E-state index contributed by atoms with van der Waals surface area (Å²) in [4.78, 5) is 45.2. The number of ether oxygens (including phenoxy) is 2. The molecule has 8 nitrogen and oxygen atoms in total. The molecule has 0 radical (unpaired) electrons. The van der Waals surface area contributed by atoms with Crippen LogP contribution in [0.3, 0.4) is 0 Å². The first kappa shape index (κ1) is 28.0. The normalized spacial score (nSPS) is 16.7. The number of carbonyl (C=O) groups excluding carboxylic acids is 3. The van der Waals surface area contributed by atoms with Gasteiger partial charge in [0.15, 0.2) is 5.13 Å². The molecule has 1 atom stereocenters. The number of ketones is 1. The van der Waals surface area contributed by atoms with Crippen LogP contribution in [0.4, 0.5) is 5.13 Å². The topological polar surface area (TPSA) is 106 Å². The van der Waals surface area contributed by atoms with Gasteiger partial charge >= 0.3 is 11.9 Å². The van der Waals surface area contributed by atoms with Crippen LogP contribution in [-0.4, -0.2) is 41.5 Å². The van der Waals surface area contributed by atoms with Crippen molar-refractivity contribution in [1.82, 2.24) is 4.98 Å². The molecule has 0 spiro atoms. The molecule has 2 aromatic carbocycles. The highest BCUT2D eigenvalue weighted by Gasteiger charge is 2.48. The van der Waals surface area contributed by atoms with E-state index in [4.69, 9.17) is 9.47 Å². The summed E-state index contributed by atoms with van der Waals surface area (Å²) >= 11 is 0.970. The molecular weight excluding hydrogens is 516 g/mol. The highest BCUT2D eigenvalue weighted by Crippen LogP contribution is 2.44. The van der Waals surface area contributed by atoms with E-state index in [0.29, 0.717) is 34.7 Å². The molecule has 9 heteroatoms. The molecule has 0 unspecified atom stereocenters. The average Bonchev–Trinajstić information content (AvgIpc) is 3.43. The number of thiazole rings is 1. The maximum absolute atomic E-state index is 13.5. The number of aliphatic hydroxyl groups excluding tert-OH is 1. The lowest BCUT2D eigenvalue weighted by Crippen LogP contribution is -2.29. The summed E-state index contributed by atoms with van der Waals surface area (Å²) in [6.07, 6.45) is 0.855. The number of hydrogen-bond donors (Lipinski definition) is 1. The number of benzene rings is 2.